The molecule has 0 heterocycles. The van der Waals surface area contributed by atoms with Crippen LogP contribution in [0.25, 0.3) is 0 Å². The summed E-state index contributed by atoms with van der Waals surface area (Å²) in [5.74, 6) is -2.52. The topological polar surface area (TPSA) is 119 Å². The van der Waals surface area contributed by atoms with Gasteiger partial charge in [-0.2, -0.15) is 13.2 Å². The lowest BCUT2D eigenvalue weighted by Gasteiger charge is -2.17. The van der Waals surface area contributed by atoms with E-state index in [4.69, 9.17) is 4.74 Å². The lowest BCUT2D eigenvalue weighted by atomic mass is 10.1. The standard InChI is InChI=1S/C18H15F3N2O6/c1-9-3-5-12(15(24)7-9)17(26)29-10(2)16(25)22-14-6-4-11(23(27)28)8-13(14)18(19,20)21/h3-8,10,24H,1-2H3,(H,22,25)/t10-/m1/s1. The highest BCUT2D eigenvalue weighted by molar-refractivity contribution is 5.98. The Morgan fingerprint density at radius 3 is 2.41 bits per heavy atom. The summed E-state index contributed by atoms with van der Waals surface area (Å²) in [5.41, 5.74) is -2.50. The zero-order valence-corrected chi connectivity index (χ0v) is 15.1. The maximum atomic E-state index is 13.2. The molecule has 1 atom stereocenters. The Morgan fingerprint density at radius 1 is 1.21 bits per heavy atom. The lowest BCUT2D eigenvalue weighted by molar-refractivity contribution is -0.385. The van der Waals surface area contributed by atoms with Gasteiger partial charge in [0.1, 0.15) is 11.3 Å². The number of rotatable bonds is 5. The number of amides is 1. The molecule has 8 nitrogen and oxygen atoms in total. The first kappa shape index (κ1) is 21.7. The third-order valence-electron chi connectivity index (χ3n) is 3.80. The predicted octanol–water partition coefficient (Wildman–Crippen LogP) is 3.81. The van der Waals surface area contributed by atoms with Crippen molar-refractivity contribution in [2.45, 2.75) is 26.1 Å². The van der Waals surface area contributed by atoms with Gasteiger partial charge >= 0.3 is 12.1 Å². The van der Waals surface area contributed by atoms with E-state index in [1.54, 1.807) is 6.92 Å². The molecule has 0 aliphatic carbocycles. The van der Waals surface area contributed by atoms with Gasteiger partial charge in [-0.25, -0.2) is 4.79 Å². The van der Waals surface area contributed by atoms with Crippen LogP contribution in [0.15, 0.2) is 36.4 Å². The number of phenols is 1. The van der Waals surface area contributed by atoms with Gasteiger partial charge in [-0.05, 0) is 37.6 Å². The summed E-state index contributed by atoms with van der Waals surface area (Å²) >= 11 is 0. The van der Waals surface area contributed by atoms with Crippen LogP contribution in [0.5, 0.6) is 5.75 Å². The summed E-state index contributed by atoms with van der Waals surface area (Å²) in [6.45, 7) is 2.80. The summed E-state index contributed by atoms with van der Waals surface area (Å²) in [4.78, 5) is 33.9. The van der Waals surface area contributed by atoms with Crippen molar-refractivity contribution in [2.24, 2.45) is 0 Å². The van der Waals surface area contributed by atoms with Crippen molar-refractivity contribution in [3.8, 4) is 5.75 Å². The molecule has 0 spiro atoms. The first-order valence-corrected chi connectivity index (χ1v) is 8.07. The number of benzene rings is 2. The summed E-state index contributed by atoms with van der Waals surface area (Å²) in [5, 5.41) is 22.4. The van der Waals surface area contributed by atoms with Gasteiger partial charge in [-0.1, -0.05) is 6.07 Å². The molecule has 0 aliphatic heterocycles. The quantitative estimate of drug-likeness (QED) is 0.438. The van der Waals surface area contributed by atoms with Gasteiger partial charge in [-0.15, -0.1) is 0 Å². The molecule has 29 heavy (non-hydrogen) atoms. The number of hydrogen-bond donors (Lipinski definition) is 2. The van der Waals surface area contributed by atoms with Crippen LogP contribution in [0, 0.1) is 17.0 Å². The number of ether oxygens (including phenoxy) is 1. The molecule has 0 aromatic heterocycles. The van der Waals surface area contributed by atoms with Crippen LogP contribution in [-0.2, 0) is 15.7 Å². The van der Waals surface area contributed by atoms with Crippen LogP contribution in [0.4, 0.5) is 24.5 Å². The summed E-state index contributed by atoms with van der Waals surface area (Å²) in [6.07, 6.45) is -6.48. The predicted molar refractivity (Wildman–Crippen MR) is 94.4 cm³/mol. The van der Waals surface area contributed by atoms with Crippen LogP contribution >= 0.6 is 0 Å². The molecule has 11 heteroatoms. The van der Waals surface area contributed by atoms with E-state index >= 15 is 0 Å². The molecule has 2 aromatic rings. The van der Waals surface area contributed by atoms with Crippen LogP contribution < -0.4 is 5.32 Å². The van der Waals surface area contributed by atoms with E-state index in [0.717, 1.165) is 19.1 Å². The number of alkyl halides is 3. The van der Waals surface area contributed by atoms with Gasteiger partial charge in [-0.3, -0.25) is 14.9 Å². The van der Waals surface area contributed by atoms with Crippen molar-refractivity contribution in [2.75, 3.05) is 5.32 Å². The fraction of sp³-hybridized carbons (Fsp3) is 0.222. The van der Waals surface area contributed by atoms with E-state index in [-0.39, 0.29) is 17.4 Å². The van der Waals surface area contributed by atoms with E-state index in [9.17, 15) is 38.0 Å². The number of carbonyl (C=O) groups is 2. The molecule has 2 rings (SSSR count). The minimum atomic E-state index is -4.97. The molecule has 0 aliphatic rings. The molecule has 0 saturated carbocycles. The van der Waals surface area contributed by atoms with E-state index in [1.807, 2.05) is 5.32 Å². The van der Waals surface area contributed by atoms with Crippen molar-refractivity contribution in [3.05, 3.63) is 63.2 Å². The summed E-state index contributed by atoms with van der Waals surface area (Å²) in [6, 6.07) is 5.92. The third-order valence-corrected chi connectivity index (χ3v) is 3.80. The zero-order valence-electron chi connectivity index (χ0n) is 15.1. The first-order valence-electron chi connectivity index (χ1n) is 8.07. The minimum Gasteiger partial charge on any atom is -0.507 e. The molecule has 2 aromatic carbocycles. The van der Waals surface area contributed by atoms with E-state index < -0.39 is 46.0 Å². The maximum Gasteiger partial charge on any atom is 0.418 e. The Balaban J connectivity index is 2.19. The van der Waals surface area contributed by atoms with Gasteiger partial charge < -0.3 is 15.2 Å². The average Bonchev–Trinajstić information content (AvgIpc) is 2.60. The van der Waals surface area contributed by atoms with E-state index in [2.05, 4.69) is 0 Å². The Morgan fingerprint density at radius 2 is 1.86 bits per heavy atom. The van der Waals surface area contributed by atoms with Crippen LogP contribution in [-0.4, -0.2) is 28.0 Å². The highest BCUT2D eigenvalue weighted by Gasteiger charge is 2.36. The molecule has 0 saturated heterocycles. The number of nitro benzene ring substituents is 1. The number of hydrogen-bond acceptors (Lipinski definition) is 6. The van der Waals surface area contributed by atoms with Crippen molar-refractivity contribution in [1.82, 2.24) is 0 Å². The molecule has 154 valence electrons. The number of non-ortho nitro benzene ring substituents is 1. The third kappa shape index (κ3) is 5.21. The van der Waals surface area contributed by atoms with Crippen LogP contribution in [0.3, 0.4) is 0 Å². The lowest BCUT2D eigenvalue weighted by Crippen LogP contribution is -2.30. The molecule has 2 N–H and O–H groups in total. The monoisotopic (exact) mass is 412 g/mol. The van der Waals surface area contributed by atoms with Crippen molar-refractivity contribution in [1.29, 1.82) is 0 Å². The van der Waals surface area contributed by atoms with E-state index in [1.165, 1.54) is 18.2 Å². The van der Waals surface area contributed by atoms with Crippen molar-refractivity contribution >= 4 is 23.3 Å². The molecule has 0 bridgehead atoms. The number of nitrogens with zero attached hydrogens (tertiary/aromatic N) is 1. The fourth-order valence-corrected chi connectivity index (χ4v) is 2.32. The Labute approximate surface area is 162 Å². The molecule has 1 amide bonds. The summed E-state index contributed by atoms with van der Waals surface area (Å²) < 4.78 is 44.4. The molecule has 0 unspecified atom stereocenters. The van der Waals surface area contributed by atoms with Crippen LogP contribution in [0.1, 0.15) is 28.4 Å². The second kappa shape index (κ2) is 8.17. The summed E-state index contributed by atoms with van der Waals surface area (Å²) in [7, 11) is 0. The maximum absolute atomic E-state index is 13.2. The van der Waals surface area contributed by atoms with Gasteiger partial charge in [0.25, 0.3) is 11.6 Å². The largest absolute Gasteiger partial charge is 0.507 e. The highest BCUT2D eigenvalue weighted by atomic mass is 19.4. The average molecular weight is 412 g/mol. The van der Waals surface area contributed by atoms with Gasteiger partial charge in [0.05, 0.1) is 16.2 Å². The second-order valence-electron chi connectivity index (χ2n) is 6.04. The van der Waals surface area contributed by atoms with Gasteiger partial charge in [0, 0.05) is 12.1 Å². The number of nitrogens with one attached hydrogen (secondary N) is 1. The van der Waals surface area contributed by atoms with Gasteiger partial charge in [0.15, 0.2) is 6.10 Å². The number of aromatic hydroxyl groups is 1. The molecule has 0 fully saturated rings. The first-order chi connectivity index (χ1) is 13.4. The normalized spacial score (nSPS) is 12.2. The Hall–Kier alpha value is -3.63. The number of esters is 1. The van der Waals surface area contributed by atoms with E-state index in [0.29, 0.717) is 5.56 Å². The number of aryl methyl sites for hydroxylation is 1. The zero-order chi connectivity index (χ0) is 21.9. The number of anilines is 1. The minimum absolute atomic E-state index is 0.221. The van der Waals surface area contributed by atoms with Gasteiger partial charge in [0.2, 0.25) is 0 Å². The molecular weight excluding hydrogens is 397 g/mol. The second-order valence-corrected chi connectivity index (χ2v) is 6.04. The van der Waals surface area contributed by atoms with Crippen LogP contribution in [0.2, 0.25) is 0 Å². The fourth-order valence-electron chi connectivity index (χ4n) is 2.32. The Bertz CT molecular complexity index is 975. The number of phenolic OH excluding ortho intramolecular Hbond substituents is 1. The number of nitro groups is 1. The molecule has 0 radical (unpaired) electrons. The number of carbonyl (C=O) groups excluding carboxylic acids is 2. The number of halogens is 3. The smallest absolute Gasteiger partial charge is 0.418 e. The highest BCUT2D eigenvalue weighted by Crippen LogP contribution is 2.37. The van der Waals surface area contributed by atoms with Crippen molar-refractivity contribution in [3.63, 3.8) is 0 Å². The van der Waals surface area contributed by atoms with Crippen molar-refractivity contribution < 1.29 is 37.5 Å². The molecular formula is C18H15F3N2O6. The Kier molecular flexibility index (Phi) is 6.10. The SMILES string of the molecule is Cc1ccc(C(=O)O[C@H](C)C(=O)Nc2ccc([N+](=O)[O-])cc2C(F)(F)F)c(O)c1.